The molecule has 0 fully saturated rings. The number of aryl methyl sites for hydroxylation is 1. The number of nitrogens with zero attached hydrogens (tertiary/aromatic N) is 2. The number of rotatable bonds is 5. The molecule has 0 spiro atoms. The van der Waals surface area contributed by atoms with E-state index in [0.717, 1.165) is 32.0 Å². The highest BCUT2D eigenvalue weighted by atomic mass is 32.1. The van der Waals surface area contributed by atoms with Gasteiger partial charge >= 0.3 is 0 Å². The number of aromatic nitrogens is 1. The van der Waals surface area contributed by atoms with E-state index in [-0.39, 0.29) is 5.91 Å². The molecule has 0 saturated heterocycles. The summed E-state index contributed by atoms with van der Waals surface area (Å²) < 4.78 is 1.12. The predicted octanol–water partition coefficient (Wildman–Crippen LogP) is 5.85. The Labute approximate surface area is 168 Å². The number of hydrogen-bond donors (Lipinski definition) is 0. The molecule has 0 atom stereocenters. The normalized spacial score (nSPS) is 11.2. The van der Waals surface area contributed by atoms with Crippen LogP contribution in [0.25, 0.3) is 16.3 Å². The summed E-state index contributed by atoms with van der Waals surface area (Å²) in [4.78, 5) is 19.4. The molecule has 1 heterocycles. The summed E-state index contributed by atoms with van der Waals surface area (Å²) in [7, 11) is 0. The summed E-state index contributed by atoms with van der Waals surface area (Å²) in [5.41, 5.74) is 4.06. The van der Waals surface area contributed by atoms with E-state index in [4.69, 9.17) is 0 Å². The van der Waals surface area contributed by atoms with Crippen LogP contribution in [0.15, 0.2) is 84.9 Å². The number of hydrogen-bond acceptors (Lipinski definition) is 3. The van der Waals surface area contributed by atoms with Gasteiger partial charge in [0.05, 0.1) is 16.8 Å². The van der Waals surface area contributed by atoms with Gasteiger partial charge in [-0.25, -0.2) is 4.98 Å². The molecule has 28 heavy (non-hydrogen) atoms. The summed E-state index contributed by atoms with van der Waals surface area (Å²) in [6.45, 7) is 2.55. The van der Waals surface area contributed by atoms with E-state index in [0.29, 0.717) is 6.54 Å². The van der Waals surface area contributed by atoms with E-state index in [9.17, 15) is 4.79 Å². The van der Waals surface area contributed by atoms with Crippen molar-refractivity contribution >= 4 is 39.2 Å². The van der Waals surface area contributed by atoms with Crippen LogP contribution in [-0.2, 0) is 11.3 Å². The van der Waals surface area contributed by atoms with Crippen LogP contribution in [0, 0.1) is 6.92 Å². The standard InChI is InChI=1S/C24H20N2OS/c1-18-8-7-11-20(16-18)26(17-19-9-3-2-4-10-19)24(27)15-14-23-25-21-12-5-6-13-22(21)28-23/h2-16H,17H2,1H3/b15-14+. The fourth-order valence-electron chi connectivity index (χ4n) is 3.05. The largest absolute Gasteiger partial charge is 0.304 e. The Bertz CT molecular complexity index is 1100. The van der Waals surface area contributed by atoms with E-state index in [2.05, 4.69) is 4.98 Å². The number of para-hydroxylation sites is 1. The van der Waals surface area contributed by atoms with Crippen molar-refractivity contribution in [1.82, 2.24) is 4.98 Å². The minimum atomic E-state index is -0.0614. The molecule has 4 rings (SSSR count). The van der Waals surface area contributed by atoms with Crippen molar-refractivity contribution in [2.45, 2.75) is 13.5 Å². The molecule has 0 bridgehead atoms. The van der Waals surface area contributed by atoms with Gasteiger partial charge in [-0.3, -0.25) is 4.79 Å². The number of carbonyl (C=O) groups is 1. The average Bonchev–Trinajstić information content (AvgIpc) is 3.14. The van der Waals surface area contributed by atoms with Crippen molar-refractivity contribution in [1.29, 1.82) is 0 Å². The fraction of sp³-hybridized carbons (Fsp3) is 0.0833. The van der Waals surface area contributed by atoms with Gasteiger partial charge in [-0.15, -0.1) is 11.3 Å². The van der Waals surface area contributed by atoms with Crippen LogP contribution >= 0.6 is 11.3 Å². The van der Waals surface area contributed by atoms with Crippen molar-refractivity contribution in [2.75, 3.05) is 4.90 Å². The molecule has 0 aliphatic heterocycles. The van der Waals surface area contributed by atoms with Crippen molar-refractivity contribution in [3.63, 3.8) is 0 Å². The van der Waals surface area contributed by atoms with Crippen LogP contribution in [0.3, 0.4) is 0 Å². The lowest BCUT2D eigenvalue weighted by atomic mass is 10.1. The van der Waals surface area contributed by atoms with Gasteiger partial charge in [-0.2, -0.15) is 0 Å². The van der Waals surface area contributed by atoms with Crippen molar-refractivity contribution in [3.05, 3.63) is 101 Å². The fourth-order valence-corrected chi connectivity index (χ4v) is 3.92. The third-order valence-corrected chi connectivity index (χ3v) is 5.44. The zero-order chi connectivity index (χ0) is 19.3. The molecule has 0 N–H and O–H groups in total. The molecule has 0 unspecified atom stereocenters. The molecule has 0 saturated carbocycles. The van der Waals surface area contributed by atoms with Crippen LogP contribution in [0.4, 0.5) is 5.69 Å². The van der Waals surface area contributed by atoms with Crippen LogP contribution in [-0.4, -0.2) is 10.9 Å². The maximum absolute atomic E-state index is 13.1. The van der Waals surface area contributed by atoms with Crippen molar-refractivity contribution < 1.29 is 4.79 Å². The van der Waals surface area contributed by atoms with E-state index in [1.54, 1.807) is 28.4 Å². The second kappa shape index (κ2) is 8.19. The topological polar surface area (TPSA) is 33.2 Å². The van der Waals surface area contributed by atoms with Gasteiger partial charge in [-0.1, -0.05) is 54.6 Å². The van der Waals surface area contributed by atoms with Gasteiger partial charge in [0, 0.05) is 11.8 Å². The quantitative estimate of drug-likeness (QED) is 0.404. The molecule has 0 aliphatic rings. The first-order chi connectivity index (χ1) is 13.7. The lowest BCUT2D eigenvalue weighted by Gasteiger charge is -2.22. The Morgan fingerprint density at radius 1 is 1.00 bits per heavy atom. The van der Waals surface area contributed by atoms with E-state index >= 15 is 0 Å². The van der Waals surface area contributed by atoms with E-state index in [1.807, 2.05) is 85.8 Å². The van der Waals surface area contributed by atoms with Crippen molar-refractivity contribution in [2.24, 2.45) is 0 Å². The Balaban J connectivity index is 1.62. The number of benzene rings is 3. The molecule has 1 aromatic heterocycles. The lowest BCUT2D eigenvalue weighted by Crippen LogP contribution is -2.28. The Morgan fingerprint density at radius 3 is 2.57 bits per heavy atom. The lowest BCUT2D eigenvalue weighted by molar-refractivity contribution is -0.114. The monoisotopic (exact) mass is 384 g/mol. The molecular weight excluding hydrogens is 364 g/mol. The zero-order valence-corrected chi connectivity index (χ0v) is 16.4. The molecule has 1 amide bonds. The average molecular weight is 385 g/mol. The van der Waals surface area contributed by atoms with Crippen LogP contribution in [0.5, 0.6) is 0 Å². The van der Waals surface area contributed by atoms with Crippen LogP contribution < -0.4 is 4.90 Å². The summed E-state index contributed by atoms with van der Waals surface area (Å²) >= 11 is 1.58. The van der Waals surface area contributed by atoms with Gasteiger partial charge in [0.2, 0.25) is 0 Å². The van der Waals surface area contributed by atoms with E-state index in [1.165, 1.54) is 0 Å². The SMILES string of the molecule is Cc1cccc(N(Cc2ccccc2)C(=O)/C=C/c2nc3ccccc3s2)c1. The number of amides is 1. The summed E-state index contributed by atoms with van der Waals surface area (Å²) in [5, 5.41) is 0.832. The third kappa shape index (κ3) is 4.18. The molecule has 0 radical (unpaired) electrons. The van der Waals surface area contributed by atoms with Gasteiger partial charge in [0.15, 0.2) is 0 Å². The number of fused-ring (bicyclic) bond motifs is 1. The van der Waals surface area contributed by atoms with Gasteiger partial charge in [0.25, 0.3) is 5.91 Å². The molecular formula is C24H20N2OS. The summed E-state index contributed by atoms with van der Waals surface area (Å²) in [5.74, 6) is -0.0614. The molecule has 138 valence electrons. The predicted molar refractivity (Wildman–Crippen MR) is 117 cm³/mol. The summed E-state index contributed by atoms with van der Waals surface area (Å²) in [6.07, 6.45) is 3.42. The van der Waals surface area contributed by atoms with E-state index < -0.39 is 0 Å². The Morgan fingerprint density at radius 2 is 1.79 bits per heavy atom. The van der Waals surface area contributed by atoms with Gasteiger partial charge in [0.1, 0.15) is 5.01 Å². The number of anilines is 1. The van der Waals surface area contributed by atoms with Crippen LogP contribution in [0.2, 0.25) is 0 Å². The first kappa shape index (κ1) is 18.1. The smallest absolute Gasteiger partial charge is 0.251 e. The molecule has 4 aromatic rings. The number of thiazole rings is 1. The number of carbonyl (C=O) groups excluding carboxylic acids is 1. The Hall–Kier alpha value is -3.24. The highest BCUT2D eigenvalue weighted by molar-refractivity contribution is 7.19. The highest BCUT2D eigenvalue weighted by Crippen LogP contribution is 2.23. The minimum Gasteiger partial charge on any atom is -0.304 e. The second-order valence-corrected chi connectivity index (χ2v) is 7.66. The molecule has 0 aliphatic carbocycles. The molecule has 3 aromatic carbocycles. The van der Waals surface area contributed by atoms with Gasteiger partial charge < -0.3 is 4.90 Å². The second-order valence-electron chi connectivity index (χ2n) is 6.60. The third-order valence-electron chi connectivity index (χ3n) is 4.44. The summed E-state index contributed by atoms with van der Waals surface area (Å²) in [6, 6.07) is 26.1. The first-order valence-electron chi connectivity index (χ1n) is 9.15. The van der Waals surface area contributed by atoms with Crippen LogP contribution in [0.1, 0.15) is 16.1 Å². The van der Waals surface area contributed by atoms with Crippen molar-refractivity contribution in [3.8, 4) is 0 Å². The highest BCUT2D eigenvalue weighted by Gasteiger charge is 2.14. The maximum Gasteiger partial charge on any atom is 0.251 e. The zero-order valence-electron chi connectivity index (χ0n) is 15.6. The maximum atomic E-state index is 13.1. The molecule has 4 heteroatoms. The van der Waals surface area contributed by atoms with Gasteiger partial charge in [-0.05, 0) is 48.4 Å². The Kier molecular flexibility index (Phi) is 5.31. The minimum absolute atomic E-state index is 0.0614. The molecule has 3 nitrogen and oxygen atoms in total. The first-order valence-corrected chi connectivity index (χ1v) is 9.96.